The van der Waals surface area contributed by atoms with Gasteiger partial charge >= 0.3 is 5.97 Å². The van der Waals surface area contributed by atoms with Crippen LogP contribution >= 0.6 is 0 Å². The first kappa shape index (κ1) is 20.4. The second-order valence-corrected chi connectivity index (χ2v) is 6.08. The fourth-order valence-electron chi connectivity index (χ4n) is 3.21. The molecule has 0 spiro atoms. The Labute approximate surface area is 153 Å². The molecule has 0 radical (unpaired) electrons. The minimum absolute atomic E-state index is 0.0622. The molecule has 0 amide bonds. The lowest BCUT2D eigenvalue weighted by Crippen LogP contribution is -2.36. The predicted octanol–water partition coefficient (Wildman–Crippen LogP) is 5.56. The molecular formula is C20H17F4NO2. The fourth-order valence-corrected chi connectivity index (χ4v) is 3.21. The molecule has 0 saturated carbocycles. The molecule has 0 unspecified atom stereocenters. The van der Waals surface area contributed by atoms with E-state index >= 15 is 8.78 Å². The summed E-state index contributed by atoms with van der Waals surface area (Å²) in [5.41, 5.74) is -2.93. The van der Waals surface area contributed by atoms with Gasteiger partial charge in [-0.1, -0.05) is 37.3 Å². The van der Waals surface area contributed by atoms with Crippen molar-refractivity contribution >= 4 is 5.97 Å². The summed E-state index contributed by atoms with van der Waals surface area (Å²) in [4.78, 5) is 11.1. The van der Waals surface area contributed by atoms with E-state index in [1.807, 2.05) is 6.92 Å². The molecule has 1 aromatic carbocycles. The van der Waals surface area contributed by atoms with Crippen LogP contribution in [-0.4, -0.2) is 11.1 Å². The van der Waals surface area contributed by atoms with E-state index in [9.17, 15) is 18.8 Å². The minimum Gasteiger partial charge on any atom is -0.480 e. The quantitative estimate of drug-likeness (QED) is 0.520. The first-order chi connectivity index (χ1) is 12.8. The minimum atomic E-state index is -2.67. The van der Waals surface area contributed by atoms with Crippen LogP contribution in [0.1, 0.15) is 37.3 Å². The van der Waals surface area contributed by atoms with Crippen molar-refractivity contribution in [3.05, 3.63) is 70.9 Å². The smallest absolute Gasteiger partial charge is 0.320 e. The average molecular weight is 379 g/mol. The Balaban J connectivity index is 2.78. The van der Waals surface area contributed by atoms with Crippen LogP contribution in [0.3, 0.4) is 0 Å². The highest BCUT2D eigenvalue weighted by Crippen LogP contribution is 2.54. The van der Waals surface area contributed by atoms with Gasteiger partial charge in [0.15, 0.2) is 29.2 Å². The molecular weight excluding hydrogens is 362 g/mol. The topological polar surface area (TPSA) is 61.1 Å². The molecule has 27 heavy (non-hydrogen) atoms. The summed E-state index contributed by atoms with van der Waals surface area (Å²) in [6, 6.07) is 7.09. The molecule has 0 aromatic heterocycles. The number of halogens is 4. The average Bonchev–Trinajstić information content (AvgIpc) is 2.66. The summed E-state index contributed by atoms with van der Waals surface area (Å²) in [6.45, 7) is 1.84. The number of allylic oxidation sites excluding steroid dienone is 4. The van der Waals surface area contributed by atoms with Crippen molar-refractivity contribution < 1.29 is 27.5 Å². The van der Waals surface area contributed by atoms with Crippen molar-refractivity contribution in [2.45, 2.75) is 31.6 Å². The Morgan fingerprint density at radius 3 is 2.30 bits per heavy atom. The number of carbonyl (C=O) groups is 1. The largest absolute Gasteiger partial charge is 0.480 e. The van der Waals surface area contributed by atoms with E-state index in [-0.39, 0.29) is 17.5 Å². The predicted molar refractivity (Wildman–Crippen MR) is 91.1 cm³/mol. The summed E-state index contributed by atoms with van der Waals surface area (Å²) >= 11 is 0. The molecule has 1 aliphatic rings. The van der Waals surface area contributed by atoms with Crippen molar-refractivity contribution in [3.63, 3.8) is 0 Å². The molecule has 0 saturated heterocycles. The lowest BCUT2D eigenvalue weighted by Gasteiger charge is -2.36. The molecule has 0 bridgehead atoms. The third-order valence-corrected chi connectivity index (χ3v) is 4.52. The first-order valence-corrected chi connectivity index (χ1v) is 8.31. The second kappa shape index (κ2) is 8.21. The SMILES string of the molecule is CC/C=C/CCC1(c2ccccc2C#N)C(F)=C(F)C(C(=O)O)C(F)=C1F. The number of rotatable bonds is 6. The number of hydrogen-bond acceptors (Lipinski definition) is 2. The van der Waals surface area contributed by atoms with Gasteiger partial charge in [-0.25, -0.2) is 17.6 Å². The number of benzene rings is 1. The van der Waals surface area contributed by atoms with E-state index < -0.39 is 47.0 Å². The van der Waals surface area contributed by atoms with Gasteiger partial charge in [-0.15, -0.1) is 0 Å². The van der Waals surface area contributed by atoms with E-state index in [1.165, 1.54) is 24.3 Å². The summed E-state index contributed by atoms with van der Waals surface area (Å²) in [6.07, 6.45) is 3.64. The lowest BCUT2D eigenvalue weighted by molar-refractivity contribution is -0.140. The number of aliphatic carboxylic acids is 1. The van der Waals surface area contributed by atoms with Crippen LogP contribution in [0.15, 0.2) is 59.7 Å². The molecule has 0 heterocycles. The summed E-state index contributed by atoms with van der Waals surface area (Å²) < 4.78 is 59.2. The van der Waals surface area contributed by atoms with E-state index in [4.69, 9.17) is 5.11 Å². The zero-order valence-corrected chi connectivity index (χ0v) is 14.5. The van der Waals surface area contributed by atoms with Crippen LogP contribution in [0.5, 0.6) is 0 Å². The molecule has 142 valence electrons. The molecule has 3 nitrogen and oxygen atoms in total. The van der Waals surface area contributed by atoms with Crippen molar-refractivity contribution in [1.82, 2.24) is 0 Å². The Morgan fingerprint density at radius 2 is 1.78 bits per heavy atom. The van der Waals surface area contributed by atoms with Gasteiger partial charge in [0.2, 0.25) is 0 Å². The highest BCUT2D eigenvalue weighted by molar-refractivity contribution is 5.78. The van der Waals surface area contributed by atoms with Crippen LogP contribution in [0.25, 0.3) is 0 Å². The van der Waals surface area contributed by atoms with Gasteiger partial charge in [0.25, 0.3) is 0 Å². The number of nitriles is 1. The van der Waals surface area contributed by atoms with E-state index in [0.29, 0.717) is 6.42 Å². The first-order valence-electron chi connectivity index (χ1n) is 8.31. The molecule has 0 fully saturated rings. The molecule has 1 aliphatic carbocycles. The maximum atomic E-state index is 15.1. The van der Waals surface area contributed by atoms with E-state index in [1.54, 1.807) is 18.2 Å². The molecule has 7 heteroatoms. The Hall–Kier alpha value is -2.88. The van der Waals surface area contributed by atoms with Crippen molar-refractivity contribution in [1.29, 1.82) is 5.26 Å². The van der Waals surface area contributed by atoms with Gasteiger partial charge in [-0.05, 0) is 30.9 Å². The van der Waals surface area contributed by atoms with Crippen LogP contribution in [0.4, 0.5) is 17.6 Å². The normalized spacial score (nSPS) is 23.0. The Kier molecular flexibility index (Phi) is 6.21. The van der Waals surface area contributed by atoms with Gasteiger partial charge in [0.05, 0.1) is 11.6 Å². The Bertz CT molecular complexity index is 854. The molecule has 1 N–H and O–H groups in total. The third kappa shape index (κ3) is 3.39. The molecule has 0 aliphatic heterocycles. The highest BCUT2D eigenvalue weighted by atomic mass is 19.2. The van der Waals surface area contributed by atoms with Crippen molar-refractivity contribution in [2.75, 3.05) is 0 Å². The van der Waals surface area contributed by atoms with Crippen LogP contribution in [0.2, 0.25) is 0 Å². The fraction of sp³-hybridized carbons (Fsp3) is 0.300. The summed E-state index contributed by atoms with van der Waals surface area (Å²) in [5.74, 6) is -11.9. The molecule has 1 aromatic rings. The highest BCUT2D eigenvalue weighted by Gasteiger charge is 2.53. The maximum Gasteiger partial charge on any atom is 0.320 e. The number of carboxylic acid groups (broad SMARTS) is 1. The lowest BCUT2D eigenvalue weighted by atomic mass is 9.68. The number of carboxylic acids is 1. The maximum absolute atomic E-state index is 15.1. The van der Waals surface area contributed by atoms with Gasteiger partial charge < -0.3 is 5.11 Å². The third-order valence-electron chi connectivity index (χ3n) is 4.52. The standard InChI is InChI=1S/C20H17F4NO2/c1-2-3-4-7-10-20(13-9-6-5-8-12(13)11-25)17(23)15(21)14(19(26)27)16(22)18(20)24/h3-6,8-9,14H,2,7,10H2,1H3,(H,26,27)/b4-3+. The number of nitrogens with zero attached hydrogens (tertiary/aromatic N) is 1. The summed E-state index contributed by atoms with van der Waals surface area (Å²) in [5, 5.41) is 18.3. The van der Waals surface area contributed by atoms with E-state index in [2.05, 4.69) is 0 Å². The van der Waals surface area contributed by atoms with Gasteiger partial charge in [-0.2, -0.15) is 5.26 Å². The van der Waals surface area contributed by atoms with E-state index in [0.717, 1.165) is 0 Å². The van der Waals surface area contributed by atoms with Gasteiger partial charge in [-0.3, -0.25) is 4.79 Å². The zero-order valence-electron chi connectivity index (χ0n) is 14.5. The zero-order chi connectivity index (χ0) is 20.2. The van der Waals surface area contributed by atoms with Crippen molar-refractivity contribution in [3.8, 4) is 6.07 Å². The Morgan fingerprint density at radius 1 is 1.19 bits per heavy atom. The van der Waals surface area contributed by atoms with Crippen molar-refractivity contribution in [2.24, 2.45) is 5.92 Å². The van der Waals surface area contributed by atoms with Gasteiger partial charge in [0.1, 0.15) is 5.41 Å². The monoisotopic (exact) mass is 379 g/mol. The van der Waals surface area contributed by atoms with Crippen LogP contribution < -0.4 is 0 Å². The molecule has 2 rings (SSSR count). The van der Waals surface area contributed by atoms with Gasteiger partial charge in [0, 0.05) is 0 Å². The van der Waals surface area contributed by atoms with Crippen LogP contribution in [-0.2, 0) is 10.2 Å². The molecule has 0 atom stereocenters. The summed E-state index contributed by atoms with van der Waals surface area (Å²) in [7, 11) is 0. The number of hydrogen-bond donors (Lipinski definition) is 1. The second-order valence-electron chi connectivity index (χ2n) is 6.08. The van der Waals surface area contributed by atoms with Crippen LogP contribution in [0, 0.1) is 17.2 Å².